The van der Waals surface area contributed by atoms with E-state index in [0.29, 0.717) is 0 Å². The van der Waals surface area contributed by atoms with E-state index in [4.69, 9.17) is 0 Å². The van der Waals surface area contributed by atoms with E-state index in [9.17, 15) is 0 Å². The van der Waals surface area contributed by atoms with Crippen molar-refractivity contribution in [1.82, 2.24) is 0 Å². The molecule has 0 amide bonds. The van der Waals surface area contributed by atoms with Gasteiger partial charge in [0.2, 0.25) is 0 Å². The van der Waals surface area contributed by atoms with Gasteiger partial charge in [-0.15, -0.1) is 0 Å². The minimum absolute atomic E-state index is 1.31. The highest BCUT2D eigenvalue weighted by Gasteiger charge is 2.57. The zero-order valence-corrected chi connectivity index (χ0v) is 26.8. The predicted octanol–water partition coefficient (Wildman–Crippen LogP) is 4.35. The number of benzene rings is 2. The van der Waals surface area contributed by atoms with Crippen LogP contribution in [0, 0.1) is 0 Å². The molecule has 0 atom stereocenters. The van der Waals surface area contributed by atoms with Gasteiger partial charge in [0.05, 0.1) is 0 Å². The summed E-state index contributed by atoms with van der Waals surface area (Å²) in [7, 11) is 11.9. The number of rotatable bonds is 8. The van der Waals surface area contributed by atoms with Crippen molar-refractivity contribution in [2.75, 3.05) is 76.0 Å². The van der Waals surface area contributed by atoms with E-state index < -0.39 is 22.3 Å². The first kappa shape index (κ1) is 27.5. The van der Waals surface area contributed by atoms with Crippen LogP contribution in [0.4, 0.5) is 22.7 Å². The van der Waals surface area contributed by atoms with Gasteiger partial charge in [0.15, 0.2) is 0 Å². The standard InChI is InChI=1S/C26H48N4Si3/c1-27(2)21-15-22(28(3)4)18-25(17-21)33(31(9,10)11,32(12,13)14)26-19-23(29(5)6)16-24(20-26)30(7)8/h15-20H,1-14H3. The molecule has 0 bridgehead atoms. The summed E-state index contributed by atoms with van der Waals surface area (Å²) in [6.07, 6.45) is 0. The molecule has 0 spiro atoms. The maximum atomic E-state index is 2.63. The summed E-state index contributed by atoms with van der Waals surface area (Å²) >= 11 is 0. The quantitative estimate of drug-likeness (QED) is 0.500. The Hall–Kier alpha value is -1.71. The monoisotopic (exact) mass is 500 g/mol. The Balaban J connectivity index is 3.14. The molecule has 0 radical (unpaired) electrons. The van der Waals surface area contributed by atoms with Gasteiger partial charge in [-0.25, -0.2) is 0 Å². The summed E-state index contributed by atoms with van der Waals surface area (Å²) in [5, 5.41) is 3.24. The molecule has 0 saturated heterocycles. The fraction of sp³-hybridized carbons (Fsp3) is 0.538. The molecular formula is C26H48N4Si3. The van der Waals surface area contributed by atoms with E-state index in [1.54, 1.807) is 10.4 Å². The number of nitrogens with zero attached hydrogens (tertiary/aromatic N) is 4. The minimum atomic E-state index is -2.09. The van der Waals surface area contributed by atoms with Crippen LogP contribution in [0.3, 0.4) is 0 Å². The van der Waals surface area contributed by atoms with Gasteiger partial charge in [-0.3, -0.25) is 0 Å². The first-order valence-electron chi connectivity index (χ1n) is 11.9. The molecule has 33 heavy (non-hydrogen) atoms. The molecule has 0 aliphatic rings. The Morgan fingerprint density at radius 3 is 0.758 bits per heavy atom. The van der Waals surface area contributed by atoms with Crippen LogP contribution < -0.4 is 30.0 Å². The van der Waals surface area contributed by atoms with Crippen LogP contribution in [0.15, 0.2) is 36.4 Å². The summed E-state index contributed by atoms with van der Waals surface area (Å²) in [5.74, 6) is 0. The largest absolute Gasteiger partial charge is 0.378 e. The lowest BCUT2D eigenvalue weighted by molar-refractivity contribution is 1.10. The van der Waals surface area contributed by atoms with Crippen LogP contribution in [0.1, 0.15) is 0 Å². The number of hydrogen-bond donors (Lipinski definition) is 0. The smallest absolute Gasteiger partial charge is 0.104 e. The second kappa shape index (κ2) is 9.50. The molecule has 0 heterocycles. The first-order valence-corrected chi connectivity index (χ1v) is 22.9. The van der Waals surface area contributed by atoms with Gasteiger partial charge in [0.1, 0.15) is 7.11 Å². The molecule has 0 fully saturated rings. The highest BCUT2D eigenvalue weighted by molar-refractivity contribution is 7.76. The van der Waals surface area contributed by atoms with Gasteiger partial charge in [-0.05, 0) is 36.4 Å². The molecule has 7 heteroatoms. The van der Waals surface area contributed by atoms with E-state index in [0.717, 1.165) is 0 Å². The van der Waals surface area contributed by atoms with Gasteiger partial charge in [-0.1, -0.05) is 49.7 Å². The van der Waals surface area contributed by atoms with Crippen molar-refractivity contribution in [2.24, 2.45) is 0 Å². The molecule has 0 aliphatic heterocycles. The first-order chi connectivity index (χ1) is 14.9. The third kappa shape index (κ3) is 5.20. The number of hydrogen-bond acceptors (Lipinski definition) is 4. The molecular weight excluding hydrogens is 453 g/mol. The van der Waals surface area contributed by atoms with Gasteiger partial charge in [-0.2, -0.15) is 0 Å². The van der Waals surface area contributed by atoms with Crippen LogP contribution in [0.2, 0.25) is 39.3 Å². The lowest BCUT2D eigenvalue weighted by Crippen LogP contribution is -2.84. The fourth-order valence-corrected chi connectivity index (χ4v) is 52.3. The molecule has 0 aromatic heterocycles. The van der Waals surface area contributed by atoms with Crippen LogP contribution >= 0.6 is 0 Å². The zero-order chi connectivity index (χ0) is 25.5. The molecule has 184 valence electrons. The summed E-state index contributed by atoms with van der Waals surface area (Å²) in [6.45, 7) is 15.8. The van der Waals surface area contributed by atoms with Crippen molar-refractivity contribution < 1.29 is 0 Å². The van der Waals surface area contributed by atoms with E-state index in [2.05, 4.69) is 152 Å². The summed E-state index contributed by atoms with van der Waals surface area (Å²) < 4.78 is 0. The average Bonchev–Trinajstić information content (AvgIpc) is 2.65. The minimum Gasteiger partial charge on any atom is -0.378 e. The Morgan fingerprint density at radius 2 is 0.606 bits per heavy atom. The third-order valence-corrected chi connectivity index (χ3v) is 44.3. The normalized spacial score (nSPS) is 12.5. The Bertz CT molecular complexity index is 838. The molecule has 2 rings (SSSR count). The highest BCUT2D eigenvalue weighted by Crippen LogP contribution is 2.34. The number of anilines is 4. The molecule has 0 unspecified atom stereocenters. The Labute approximate surface area is 206 Å². The lowest BCUT2D eigenvalue weighted by atomic mass is 10.2. The maximum Gasteiger partial charge on any atom is 0.104 e. The van der Waals surface area contributed by atoms with Crippen LogP contribution in [-0.4, -0.2) is 78.7 Å². The summed E-state index contributed by atoms with van der Waals surface area (Å²) in [6, 6.07) is 14.8. The van der Waals surface area contributed by atoms with E-state index in [-0.39, 0.29) is 0 Å². The summed E-state index contributed by atoms with van der Waals surface area (Å²) in [5.41, 5.74) is 5.23. The SMILES string of the molecule is CN(C)c1cc(N(C)C)cc([Si](c2cc(N(C)C)cc(N(C)C)c2)([Si](C)(C)C)[Si](C)(C)C)c1. The highest BCUT2D eigenvalue weighted by atomic mass is 29.6. The third-order valence-electron chi connectivity index (χ3n) is 6.99. The van der Waals surface area contributed by atoms with E-state index >= 15 is 0 Å². The van der Waals surface area contributed by atoms with Crippen molar-refractivity contribution in [3.8, 4) is 0 Å². The van der Waals surface area contributed by atoms with Crippen molar-refractivity contribution in [2.45, 2.75) is 39.3 Å². The zero-order valence-electron chi connectivity index (χ0n) is 23.8. The van der Waals surface area contributed by atoms with Crippen molar-refractivity contribution in [1.29, 1.82) is 0 Å². The van der Waals surface area contributed by atoms with Crippen LogP contribution in [0.5, 0.6) is 0 Å². The van der Waals surface area contributed by atoms with Gasteiger partial charge >= 0.3 is 0 Å². The van der Waals surface area contributed by atoms with Gasteiger partial charge in [0, 0.05) is 94.3 Å². The molecule has 2 aromatic carbocycles. The Kier molecular flexibility index (Phi) is 7.93. The van der Waals surface area contributed by atoms with Crippen molar-refractivity contribution in [3.05, 3.63) is 36.4 Å². The maximum absolute atomic E-state index is 2.63. The van der Waals surface area contributed by atoms with Crippen molar-refractivity contribution in [3.63, 3.8) is 0 Å². The van der Waals surface area contributed by atoms with E-state index in [1.165, 1.54) is 22.7 Å². The Morgan fingerprint density at radius 1 is 0.394 bits per heavy atom. The molecule has 0 saturated carbocycles. The van der Waals surface area contributed by atoms with Crippen molar-refractivity contribution >= 4 is 55.4 Å². The summed E-state index contributed by atoms with van der Waals surface area (Å²) in [4.78, 5) is 9.08. The van der Waals surface area contributed by atoms with Crippen LogP contribution in [0.25, 0.3) is 0 Å². The predicted molar refractivity (Wildman–Crippen MR) is 162 cm³/mol. The average molecular weight is 501 g/mol. The fourth-order valence-electron chi connectivity index (χ4n) is 5.68. The van der Waals surface area contributed by atoms with Gasteiger partial charge < -0.3 is 19.6 Å². The molecule has 2 aromatic rings. The van der Waals surface area contributed by atoms with Crippen LogP contribution in [-0.2, 0) is 0 Å². The molecule has 0 N–H and O–H groups in total. The lowest BCUT2D eigenvalue weighted by Gasteiger charge is -2.51. The van der Waals surface area contributed by atoms with E-state index in [1.807, 2.05) is 0 Å². The second-order valence-corrected chi connectivity index (χ2v) is 39.0. The second-order valence-electron chi connectivity index (χ2n) is 12.3. The molecule has 0 aliphatic carbocycles. The molecule has 4 nitrogen and oxygen atoms in total. The topological polar surface area (TPSA) is 13.0 Å². The van der Waals surface area contributed by atoms with Gasteiger partial charge in [0.25, 0.3) is 0 Å².